The first kappa shape index (κ1) is 22.3. The number of rotatable bonds is 6. The van der Waals surface area contributed by atoms with Crippen LogP contribution in [-0.2, 0) is 21.7 Å². The highest BCUT2D eigenvalue weighted by atomic mass is 35.5. The minimum Gasteiger partial charge on any atom is -0.385 e. The summed E-state index contributed by atoms with van der Waals surface area (Å²) in [6, 6.07) is 15.3. The van der Waals surface area contributed by atoms with E-state index >= 15 is 0 Å². The van der Waals surface area contributed by atoms with Crippen molar-refractivity contribution >= 4 is 29.4 Å². The first-order chi connectivity index (χ1) is 15.4. The fourth-order valence-electron chi connectivity index (χ4n) is 4.29. The van der Waals surface area contributed by atoms with Gasteiger partial charge in [0.2, 0.25) is 5.91 Å². The second-order valence-electron chi connectivity index (χ2n) is 8.37. The molecule has 7 nitrogen and oxygen atoms in total. The monoisotopic (exact) mass is 455 g/mol. The molecule has 32 heavy (non-hydrogen) atoms. The summed E-state index contributed by atoms with van der Waals surface area (Å²) in [5.41, 5.74) is 0.690. The lowest BCUT2D eigenvalue weighted by Gasteiger charge is -2.38. The number of halogens is 1. The van der Waals surface area contributed by atoms with E-state index in [0.717, 1.165) is 11.1 Å². The Morgan fingerprint density at radius 3 is 2.38 bits per heavy atom. The maximum absolute atomic E-state index is 12.7. The van der Waals surface area contributed by atoms with Crippen molar-refractivity contribution in [2.24, 2.45) is 0 Å². The molecule has 0 bridgehead atoms. The highest BCUT2D eigenvalue weighted by molar-refractivity contribution is 6.30. The number of piperidine rings is 1. The summed E-state index contributed by atoms with van der Waals surface area (Å²) in [6.07, 6.45) is 1.29. The Labute approximate surface area is 192 Å². The van der Waals surface area contributed by atoms with Crippen LogP contribution in [0.1, 0.15) is 36.8 Å². The molecule has 2 aromatic carbocycles. The van der Waals surface area contributed by atoms with E-state index in [1.54, 1.807) is 17.0 Å². The Morgan fingerprint density at radius 1 is 1.06 bits per heavy atom. The van der Waals surface area contributed by atoms with Gasteiger partial charge in [0.1, 0.15) is 6.04 Å². The van der Waals surface area contributed by atoms with Crippen LogP contribution in [0.4, 0.5) is 4.79 Å². The smallest absolute Gasteiger partial charge is 0.325 e. The Bertz CT molecular complexity index is 988. The molecule has 2 aromatic rings. The molecule has 2 heterocycles. The molecule has 2 fully saturated rings. The van der Waals surface area contributed by atoms with Crippen LogP contribution in [0.5, 0.6) is 0 Å². The Kier molecular flexibility index (Phi) is 6.48. The number of urea groups is 1. The minimum absolute atomic E-state index is 0.0771. The fourth-order valence-corrected chi connectivity index (χ4v) is 4.42. The summed E-state index contributed by atoms with van der Waals surface area (Å²) in [6.45, 7) is 1.08. The molecule has 2 aliphatic heterocycles. The molecule has 0 saturated carbocycles. The molecule has 2 aliphatic rings. The first-order valence-electron chi connectivity index (χ1n) is 10.8. The molecule has 8 heteroatoms. The zero-order valence-electron chi connectivity index (χ0n) is 17.7. The molecule has 4 rings (SSSR count). The molecule has 2 N–H and O–H groups in total. The summed E-state index contributed by atoms with van der Waals surface area (Å²) in [5.74, 6) is -0.380. The Hall–Kier alpha value is -2.90. The zero-order chi connectivity index (χ0) is 22.7. The number of imide groups is 1. The van der Waals surface area contributed by atoms with Crippen molar-refractivity contribution in [1.82, 2.24) is 15.1 Å². The van der Waals surface area contributed by atoms with Crippen molar-refractivity contribution in [3.8, 4) is 0 Å². The van der Waals surface area contributed by atoms with Crippen molar-refractivity contribution < 1.29 is 19.5 Å². The Morgan fingerprint density at radius 2 is 1.72 bits per heavy atom. The van der Waals surface area contributed by atoms with Gasteiger partial charge in [0.05, 0.1) is 12.1 Å². The van der Waals surface area contributed by atoms with Gasteiger partial charge in [-0.15, -0.1) is 0 Å². The quantitative estimate of drug-likeness (QED) is 0.655. The van der Waals surface area contributed by atoms with Crippen molar-refractivity contribution in [1.29, 1.82) is 0 Å². The third-order valence-electron chi connectivity index (χ3n) is 6.26. The standard InChI is InChI=1S/C24H26ClN3O4/c25-19-8-6-18(7-9-19)24(32)12-14-27(15-13-24)21(29)11-10-20-22(30)28(23(31)26-20)16-17-4-2-1-3-5-17/h1-9,20,32H,10-16H2,(H,26,31)/t20-/m1/s1. The van der Waals surface area contributed by atoms with E-state index in [4.69, 9.17) is 11.6 Å². The van der Waals surface area contributed by atoms with Crippen LogP contribution in [0.2, 0.25) is 5.02 Å². The summed E-state index contributed by atoms with van der Waals surface area (Å²) in [7, 11) is 0. The maximum atomic E-state index is 12.7. The number of nitrogens with zero attached hydrogens (tertiary/aromatic N) is 2. The summed E-state index contributed by atoms with van der Waals surface area (Å²) < 4.78 is 0. The van der Waals surface area contributed by atoms with Crippen LogP contribution < -0.4 is 5.32 Å². The molecule has 0 unspecified atom stereocenters. The fraction of sp³-hybridized carbons (Fsp3) is 0.375. The van der Waals surface area contributed by atoms with E-state index < -0.39 is 17.7 Å². The second-order valence-corrected chi connectivity index (χ2v) is 8.81. The largest absolute Gasteiger partial charge is 0.385 e. The number of nitrogens with one attached hydrogen (secondary N) is 1. The summed E-state index contributed by atoms with van der Waals surface area (Å²) in [4.78, 5) is 40.5. The van der Waals surface area contributed by atoms with Crippen molar-refractivity contribution in [2.45, 2.75) is 43.9 Å². The molecule has 2 saturated heterocycles. The first-order valence-corrected chi connectivity index (χ1v) is 11.2. The van der Waals surface area contributed by atoms with Crippen LogP contribution in [-0.4, -0.2) is 51.9 Å². The van der Waals surface area contributed by atoms with Gasteiger partial charge in [-0.05, 0) is 42.5 Å². The number of likely N-dealkylation sites (tertiary alicyclic amines) is 1. The number of hydrogen-bond acceptors (Lipinski definition) is 4. The molecule has 168 valence electrons. The van der Waals surface area contributed by atoms with Gasteiger partial charge in [0.15, 0.2) is 0 Å². The molecular formula is C24H26ClN3O4. The molecule has 4 amide bonds. The third-order valence-corrected chi connectivity index (χ3v) is 6.51. The van der Waals surface area contributed by atoms with Crippen LogP contribution in [0.3, 0.4) is 0 Å². The van der Waals surface area contributed by atoms with Gasteiger partial charge < -0.3 is 15.3 Å². The number of aliphatic hydroxyl groups is 1. The molecule has 0 aromatic heterocycles. The minimum atomic E-state index is -0.977. The van der Waals surface area contributed by atoms with Crippen LogP contribution in [0.25, 0.3) is 0 Å². The van der Waals surface area contributed by atoms with Gasteiger partial charge >= 0.3 is 6.03 Å². The number of carbonyl (C=O) groups is 3. The van der Waals surface area contributed by atoms with Gasteiger partial charge in [-0.1, -0.05) is 54.1 Å². The third kappa shape index (κ3) is 4.79. The number of hydrogen-bond donors (Lipinski definition) is 2. The Balaban J connectivity index is 1.27. The number of amides is 4. The van der Waals surface area contributed by atoms with E-state index in [-0.39, 0.29) is 31.2 Å². The molecular weight excluding hydrogens is 430 g/mol. The van der Waals surface area contributed by atoms with E-state index in [9.17, 15) is 19.5 Å². The number of carbonyl (C=O) groups excluding carboxylic acids is 3. The summed E-state index contributed by atoms with van der Waals surface area (Å²) >= 11 is 5.93. The zero-order valence-corrected chi connectivity index (χ0v) is 18.4. The van der Waals surface area contributed by atoms with Gasteiger partial charge in [-0.25, -0.2) is 4.79 Å². The van der Waals surface area contributed by atoms with Gasteiger partial charge in [0.25, 0.3) is 5.91 Å². The molecule has 0 aliphatic carbocycles. The predicted octanol–water partition coefficient (Wildman–Crippen LogP) is 3.05. The topological polar surface area (TPSA) is 90.0 Å². The SMILES string of the molecule is O=C(CC[C@H]1NC(=O)N(Cc2ccccc2)C1=O)N1CCC(O)(c2ccc(Cl)cc2)CC1. The summed E-state index contributed by atoms with van der Waals surface area (Å²) in [5, 5.41) is 14.3. The average Bonchev–Trinajstić information content (AvgIpc) is 3.06. The normalized spacial score (nSPS) is 20.4. The lowest BCUT2D eigenvalue weighted by Crippen LogP contribution is -2.45. The lowest BCUT2D eigenvalue weighted by molar-refractivity contribution is -0.136. The molecule has 0 radical (unpaired) electrons. The highest BCUT2D eigenvalue weighted by Crippen LogP contribution is 2.33. The number of benzene rings is 2. The molecule has 0 spiro atoms. The van der Waals surface area contributed by atoms with Gasteiger partial charge in [0, 0.05) is 24.5 Å². The maximum Gasteiger partial charge on any atom is 0.325 e. The predicted molar refractivity (Wildman–Crippen MR) is 120 cm³/mol. The van der Waals surface area contributed by atoms with E-state index in [1.807, 2.05) is 42.5 Å². The van der Waals surface area contributed by atoms with E-state index in [1.165, 1.54) is 4.90 Å². The highest BCUT2D eigenvalue weighted by Gasteiger charge is 2.39. The van der Waals surface area contributed by atoms with Crippen molar-refractivity contribution in [3.05, 3.63) is 70.7 Å². The molecule has 1 atom stereocenters. The van der Waals surface area contributed by atoms with Crippen molar-refractivity contribution in [3.63, 3.8) is 0 Å². The van der Waals surface area contributed by atoms with Gasteiger partial charge in [-0.3, -0.25) is 14.5 Å². The van der Waals surface area contributed by atoms with Crippen LogP contribution in [0, 0.1) is 0 Å². The van der Waals surface area contributed by atoms with Crippen molar-refractivity contribution in [2.75, 3.05) is 13.1 Å². The van der Waals surface area contributed by atoms with Gasteiger partial charge in [-0.2, -0.15) is 0 Å². The lowest BCUT2D eigenvalue weighted by atomic mass is 9.84. The van der Waals surface area contributed by atoms with Crippen LogP contribution >= 0.6 is 11.6 Å². The second kappa shape index (κ2) is 9.30. The average molecular weight is 456 g/mol. The van der Waals surface area contributed by atoms with E-state index in [2.05, 4.69) is 5.32 Å². The van der Waals surface area contributed by atoms with E-state index in [0.29, 0.717) is 31.0 Å². The van der Waals surface area contributed by atoms with Crippen LogP contribution in [0.15, 0.2) is 54.6 Å².